The first kappa shape index (κ1) is 16.0. The number of carbonyl (C=O) groups is 2. The van der Waals surface area contributed by atoms with E-state index in [0.29, 0.717) is 35.0 Å². The number of aliphatic carboxylic acids is 1. The van der Waals surface area contributed by atoms with Gasteiger partial charge in [0.1, 0.15) is 15.9 Å². The fourth-order valence-electron chi connectivity index (χ4n) is 2.71. The average molecular weight is 351 g/mol. The molecule has 1 amide bonds. The fraction of sp³-hybridized carbons (Fsp3) is 0.312. The summed E-state index contributed by atoms with van der Waals surface area (Å²) < 4.78 is 0. The number of hydrogen-bond acceptors (Lipinski definition) is 4. The first-order chi connectivity index (χ1) is 11.0. The van der Waals surface area contributed by atoms with Crippen LogP contribution < -0.4 is 0 Å². The Labute approximate surface area is 142 Å². The minimum absolute atomic E-state index is 0.245. The minimum atomic E-state index is -0.948. The number of amides is 1. The normalized spacial score (nSPS) is 17.5. The molecular formula is C16H15ClN2O3S. The SMILES string of the molecule is Cc1nc(-c2ccc(Cl)cc2)sc1C(=O)N1CCCC1C(=O)O. The van der Waals surface area contributed by atoms with E-state index in [2.05, 4.69) is 4.98 Å². The summed E-state index contributed by atoms with van der Waals surface area (Å²) in [6, 6.07) is 6.52. The van der Waals surface area contributed by atoms with Crippen molar-refractivity contribution in [2.24, 2.45) is 0 Å². The highest BCUT2D eigenvalue weighted by atomic mass is 35.5. The molecule has 5 nitrogen and oxygen atoms in total. The Bertz CT molecular complexity index is 757. The summed E-state index contributed by atoms with van der Waals surface area (Å²) >= 11 is 7.17. The zero-order valence-corrected chi connectivity index (χ0v) is 14.0. The Morgan fingerprint density at radius 3 is 2.70 bits per heavy atom. The molecule has 1 fully saturated rings. The smallest absolute Gasteiger partial charge is 0.326 e. The number of carbonyl (C=O) groups excluding carboxylic acids is 1. The van der Waals surface area contributed by atoms with E-state index in [0.717, 1.165) is 10.6 Å². The van der Waals surface area contributed by atoms with E-state index in [9.17, 15) is 14.7 Å². The van der Waals surface area contributed by atoms with Crippen LogP contribution in [0.3, 0.4) is 0 Å². The Balaban J connectivity index is 1.90. The molecule has 0 aliphatic carbocycles. The highest BCUT2D eigenvalue weighted by Crippen LogP contribution is 2.31. The second kappa shape index (κ2) is 6.29. The van der Waals surface area contributed by atoms with Crippen LogP contribution in [0.1, 0.15) is 28.2 Å². The number of likely N-dealkylation sites (tertiary alicyclic amines) is 1. The fourth-order valence-corrected chi connectivity index (χ4v) is 3.86. The van der Waals surface area contributed by atoms with Crippen LogP contribution in [-0.2, 0) is 4.79 Å². The van der Waals surface area contributed by atoms with Crippen molar-refractivity contribution in [1.29, 1.82) is 0 Å². The van der Waals surface area contributed by atoms with Crippen molar-refractivity contribution in [2.75, 3.05) is 6.54 Å². The number of nitrogens with zero attached hydrogens (tertiary/aromatic N) is 2. The van der Waals surface area contributed by atoms with Gasteiger partial charge in [0.25, 0.3) is 5.91 Å². The Morgan fingerprint density at radius 2 is 2.04 bits per heavy atom. The van der Waals surface area contributed by atoms with Crippen LogP contribution in [0.2, 0.25) is 5.02 Å². The highest BCUT2D eigenvalue weighted by molar-refractivity contribution is 7.17. The van der Waals surface area contributed by atoms with Crippen molar-refractivity contribution in [3.05, 3.63) is 39.9 Å². The first-order valence-electron chi connectivity index (χ1n) is 7.24. The standard InChI is InChI=1S/C16H15ClN2O3S/c1-9-13(15(20)19-8-2-3-12(19)16(21)22)23-14(18-9)10-4-6-11(17)7-5-10/h4-7,12H,2-3,8H2,1H3,(H,21,22). The van der Waals surface area contributed by atoms with Crippen molar-refractivity contribution in [1.82, 2.24) is 9.88 Å². The van der Waals surface area contributed by atoms with Crippen LogP contribution in [0.25, 0.3) is 10.6 Å². The summed E-state index contributed by atoms with van der Waals surface area (Å²) in [5.41, 5.74) is 1.51. The average Bonchev–Trinajstić information content (AvgIpc) is 3.14. The van der Waals surface area contributed by atoms with E-state index in [4.69, 9.17) is 11.6 Å². The van der Waals surface area contributed by atoms with E-state index in [1.54, 1.807) is 19.1 Å². The molecule has 0 spiro atoms. The van der Waals surface area contributed by atoms with Gasteiger partial charge >= 0.3 is 5.97 Å². The van der Waals surface area contributed by atoms with Gasteiger partial charge in [-0.1, -0.05) is 23.7 Å². The summed E-state index contributed by atoms with van der Waals surface area (Å²) in [4.78, 5) is 30.4. The summed E-state index contributed by atoms with van der Waals surface area (Å²) in [5.74, 6) is -1.19. The first-order valence-corrected chi connectivity index (χ1v) is 8.44. The molecule has 1 aliphatic heterocycles. The number of carboxylic acids is 1. The summed E-state index contributed by atoms with van der Waals surface area (Å²) in [6.45, 7) is 2.25. The predicted molar refractivity (Wildman–Crippen MR) is 89.0 cm³/mol. The van der Waals surface area contributed by atoms with Crippen molar-refractivity contribution >= 4 is 34.8 Å². The maximum Gasteiger partial charge on any atom is 0.326 e. The second-order valence-corrected chi connectivity index (χ2v) is 6.87. The Morgan fingerprint density at radius 1 is 1.35 bits per heavy atom. The third-order valence-electron chi connectivity index (χ3n) is 3.88. The van der Waals surface area contributed by atoms with Gasteiger partial charge in [0.05, 0.1) is 5.69 Å². The van der Waals surface area contributed by atoms with Gasteiger partial charge in [-0.15, -0.1) is 11.3 Å². The molecule has 0 bridgehead atoms. The van der Waals surface area contributed by atoms with Crippen LogP contribution in [0, 0.1) is 6.92 Å². The predicted octanol–water partition coefficient (Wildman–Crippen LogP) is 3.46. The van der Waals surface area contributed by atoms with E-state index in [1.165, 1.54) is 16.2 Å². The molecule has 1 unspecified atom stereocenters. The maximum absolute atomic E-state index is 12.7. The van der Waals surface area contributed by atoms with E-state index in [1.807, 2.05) is 12.1 Å². The molecular weight excluding hydrogens is 336 g/mol. The molecule has 0 radical (unpaired) electrons. The molecule has 1 aromatic carbocycles. The summed E-state index contributed by atoms with van der Waals surface area (Å²) in [5, 5.41) is 10.6. The zero-order valence-electron chi connectivity index (χ0n) is 12.5. The number of halogens is 1. The van der Waals surface area contributed by atoms with Gasteiger partial charge in [-0.2, -0.15) is 0 Å². The van der Waals surface area contributed by atoms with Gasteiger partial charge in [0.15, 0.2) is 0 Å². The van der Waals surface area contributed by atoms with Crippen LogP contribution in [0.15, 0.2) is 24.3 Å². The highest BCUT2D eigenvalue weighted by Gasteiger charge is 2.35. The molecule has 1 aliphatic rings. The number of aromatic nitrogens is 1. The number of aryl methyl sites for hydroxylation is 1. The van der Waals surface area contributed by atoms with Crippen LogP contribution >= 0.6 is 22.9 Å². The van der Waals surface area contributed by atoms with Gasteiger partial charge in [-0.3, -0.25) is 4.79 Å². The third-order valence-corrected chi connectivity index (χ3v) is 5.33. The lowest BCUT2D eigenvalue weighted by Crippen LogP contribution is -2.40. The molecule has 7 heteroatoms. The molecule has 2 aromatic rings. The number of rotatable bonds is 3. The lowest BCUT2D eigenvalue weighted by molar-refractivity contribution is -0.141. The molecule has 0 saturated carbocycles. The molecule has 120 valence electrons. The summed E-state index contributed by atoms with van der Waals surface area (Å²) in [6.07, 6.45) is 1.22. The number of carboxylic acid groups (broad SMARTS) is 1. The van der Waals surface area contributed by atoms with Gasteiger partial charge in [-0.25, -0.2) is 9.78 Å². The molecule has 2 heterocycles. The van der Waals surface area contributed by atoms with Gasteiger partial charge < -0.3 is 10.0 Å². The van der Waals surface area contributed by atoms with E-state index < -0.39 is 12.0 Å². The second-order valence-electron chi connectivity index (χ2n) is 5.44. The molecule has 23 heavy (non-hydrogen) atoms. The number of benzene rings is 1. The lowest BCUT2D eigenvalue weighted by Gasteiger charge is -2.20. The third kappa shape index (κ3) is 3.09. The van der Waals surface area contributed by atoms with Gasteiger partial charge in [0, 0.05) is 17.1 Å². The van der Waals surface area contributed by atoms with Crippen molar-refractivity contribution < 1.29 is 14.7 Å². The van der Waals surface area contributed by atoms with Crippen LogP contribution in [-0.4, -0.2) is 39.5 Å². The van der Waals surface area contributed by atoms with Crippen molar-refractivity contribution in [3.63, 3.8) is 0 Å². The van der Waals surface area contributed by atoms with E-state index in [-0.39, 0.29) is 5.91 Å². The molecule has 1 aromatic heterocycles. The molecule has 1 saturated heterocycles. The largest absolute Gasteiger partial charge is 0.480 e. The quantitative estimate of drug-likeness (QED) is 0.920. The minimum Gasteiger partial charge on any atom is -0.480 e. The molecule has 3 rings (SSSR count). The number of hydrogen-bond donors (Lipinski definition) is 1. The van der Waals surface area contributed by atoms with Crippen molar-refractivity contribution in [3.8, 4) is 10.6 Å². The molecule has 1 N–H and O–H groups in total. The Kier molecular flexibility index (Phi) is 4.37. The van der Waals surface area contributed by atoms with E-state index >= 15 is 0 Å². The Hall–Kier alpha value is -1.92. The van der Waals surface area contributed by atoms with Gasteiger partial charge in [-0.05, 0) is 31.9 Å². The maximum atomic E-state index is 12.7. The van der Waals surface area contributed by atoms with Crippen LogP contribution in [0.5, 0.6) is 0 Å². The monoisotopic (exact) mass is 350 g/mol. The topological polar surface area (TPSA) is 70.5 Å². The lowest BCUT2D eigenvalue weighted by atomic mass is 10.2. The molecule has 1 atom stereocenters. The van der Waals surface area contributed by atoms with Crippen LogP contribution in [0.4, 0.5) is 0 Å². The number of thiazole rings is 1. The van der Waals surface area contributed by atoms with Gasteiger partial charge in [0.2, 0.25) is 0 Å². The van der Waals surface area contributed by atoms with Crippen molar-refractivity contribution in [2.45, 2.75) is 25.8 Å². The zero-order chi connectivity index (χ0) is 16.6. The summed E-state index contributed by atoms with van der Waals surface area (Å²) in [7, 11) is 0.